The van der Waals surface area contributed by atoms with Crippen LogP contribution >= 0.6 is 0 Å². The van der Waals surface area contributed by atoms with E-state index in [1.54, 1.807) is 12.1 Å². The van der Waals surface area contributed by atoms with Gasteiger partial charge in [-0.15, -0.1) is 0 Å². The lowest BCUT2D eigenvalue weighted by molar-refractivity contribution is 0.270. The molecule has 1 saturated carbocycles. The molecule has 1 aliphatic carbocycles. The number of hydrogen-bond donors (Lipinski definition) is 2. The second-order valence-electron chi connectivity index (χ2n) is 5.47. The highest BCUT2D eigenvalue weighted by molar-refractivity contribution is 7.89. The first-order valence-electron chi connectivity index (χ1n) is 6.72. The monoisotopic (exact) mass is 282 g/mol. The predicted molar refractivity (Wildman–Crippen MR) is 76.4 cm³/mol. The van der Waals surface area contributed by atoms with Crippen LogP contribution in [-0.2, 0) is 10.0 Å². The summed E-state index contributed by atoms with van der Waals surface area (Å²) in [4.78, 5) is 0.346. The molecule has 4 nitrogen and oxygen atoms in total. The molecule has 0 spiro atoms. The highest BCUT2D eigenvalue weighted by atomic mass is 32.2. The zero-order chi connectivity index (χ0) is 14.0. The van der Waals surface area contributed by atoms with Crippen molar-refractivity contribution >= 4 is 10.0 Å². The highest BCUT2D eigenvalue weighted by Crippen LogP contribution is 2.28. The van der Waals surface area contributed by atoms with Crippen LogP contribution in [0.5, 0.6) is 0 Å². The largest absolute Gasteiger partial charge is 0.313 e. The molecule has 106 valence electrons. The van der Waals surface area contributed by atoms with Crippen LogP contribution in [0, 0.1) is 5.92 Å². The predicted octanol–water partition coefficient (Wildman–Crippen LogP) is 2.04. The molecule has 0 amide bonds. The number of hydrogen-bond acceptors (Lipinski definition) is 3. The number of rotatable bonds is 5. The Kier molecular flexibility index (Phi) is 4.28. The smallest absolute Gasteiger partial charge is 0.240 e. The number of nitrogens with one attached hydrogen (secondary N) is 2. The van der Waals surface area contributed by atoms with Gasteiger partial charge in [-0.1, -0.05) is 19.1 Å². The van der Waals surface area contributed by atoms with E-state index in [1.165, 1.54) is 0 Å². The number of benzene rings is 1. The maximum atomic E-state index is 12.2. The molecule has 0 heterocycles. The molecule has 2 N–H and O–H groups in total. The van der Waals surface area contributed by atoms with Crippen molar-refractivity contribution in [3.05, 3.63) is 29.8 Å². The zero-order valence-electron chi connectivity index (χ0n) is 11.7. The quantitative estimate of drug-likeness (QED) is 0.869. The Hall–Kier alpha value is -0.910. The molecule has 1 aromatic rings. The van der Waals surface area contributed by atoms with Gasteiger partial charge in [-0.3, -0.25) is 0 Å². The van der Waals surface area contributed by atoms with Crippen LogP contribution in [0.2, 0.25) is 0 Å². The van der Waals surface area contributed by atoms with E-state index in [9.17, 15) is 8.42 Å². The van der Waals surface area contributed by atoms with Gasteiger partial charge < -0.3 is 5.32 Å². The molecule has 1 aromatic carbocycles. The molecule has 0 aromatic heterocycles. The van der Waals surface area contributed by atoms with E-state index in [2.05, 4.69) is 17.0 Å². The van der Waals surface area contributed by atoms with E-state index in [1.807, 2.05) is 26.1 Å². The van der Waals surface area contributed by atoms with Gasteiger partial charge in [-0.25, -0.2) is 13.1 Å². The summed E-state index contributed by atoms with van der Waals surface area (Å²) < 4.78 is 27.1. The molecule has 1 atom stereocenters. The summed E-state index contributed by atoms with van der Waals surface area (Å²) >= 11 is 0. The molecule has 2 rings (SSSR count). The van der Waals surface area contributed by atoms with Gasteiger partial charge >= 0.3 is 0 Å². The van der Waals surface area contributed by atoms with Gasteiger partial charge in [0.25, 0.3) is 0 Å². The minimum Gasteiger partial charge on any atom is -0.313 e. The Morgan fingerprint density at radius 3 is 2.26 bits per heavy atom. The van der Waals surface area contributed by atoms with E-state index in [4.69, 9.17) is 0 Å². The summed E-state index contributed by atoms with van der Waals surface area (Å²) in [5, 5.41) is 3.13. The van der Waals surface area contributed by atoms with Gasteiger partial charge in [-0.2, -0.15) is 0 Å². The molecule has 0 radical (unpaired) electrons. The van der Waals surface area contributed by atoms with E-state index in [0.717, 1.165) is 18.4 Å². The molecule has 5 heteroatoms. The van der Waals surface area contributed by atoms with Crippen molar-refractivity contribution in [2.45, 2.75) is 43.7 Å². The van der Waals surface area contributed by atoms with Crippen LogP contribution < -0.4 is 10.0 Å². The zero-order valence-corrected chi connectivity index (χ0v) is 12.5. The summed E-state index contributed by atoms with van der Waals surface area (Å²) in [6.07, 6.45) is 1.88. The van der Waals surface area contributed by atoms with Crippen molar-refractivity contribution in [1.82, 2.24) is 10.0 Å². The Bertz CT molecular complexity index is 519. The van der Waals surface area contributed by atoms with Crippen LogP contribution in [-0.4, -0.2) is 21.5 Å². The molecule has 0 saturated heterocycles. The third-order valence-electron chi connectivity index (χ3n) is 3.82. The molecule has 0 aliphatic heterocycles. The van der Waals surface area contributed by atoms with Gasteiger partial charge in [0.2, 0.25) is 10.0 Å². The fourth-order valence-corrected chi connectivity index (χ4v) is 3.65. The first-order valence-corrected chi connectivity index (χ1v) is 8.20. The molecule has 1 aliphatic rings. The average Bonchev–Trinajstić information content (AvgIpc) is 2.36. The molecular weight excluding hydrogens is 260 g/mol. The minimum absolute atomic E-state index is 0.107. The summed E-state index contributed by atoms with van der Waals surface area (Å²) in [6.45, 7) is 4.18. The Labute approximate surface area is 115 Å². The van der Waals surface area contributed by atoms with Gasteiger partial charge in [0.1, 0.15) is 0 Å². The average molecular weight is 282 g/mol. The topological polar surface area (TPSA) is 58.2 Å². The fourth-order valence-electron chi connectivity index (χ4n) is 2.39. The third-order valence-corrected chi connectivity index (χ3v) is 5.36. The Morgan fingerprint density at radius 2 is 1.79 bits per heavy atom. The second kappa shape index (κ2) is 5.61. The van der Waals surface area contributed by atoms with Crippen LogP contribution in [0.25, 0.3) is 0 Å². The van der Waals surface area contributed by atoms with Crippen molar-refractivity contribution in [3.63, 3.8) is 0 Å². The van der Waals surface area contributed by atoms with E-state index in [0.29, 0.717) is 10.8 Å². The van der Waals surface area contributed by atoms with Crippen molar-refractivity contribution in [2.75, 3.05) is 7.05 Å². The summed E-state index contributed by atoms with van der Waals surface area (Å²) in [5.41, 5.74) is 1.08. The maximum Gasteiger partial charge on any atom is 0.240 e. The summed E-state index contributed by atoms with van der Waals surface area (Å²) in [7, 11) is -1.48. The Balaban J connectivity index is 2.08. The van der Waals surface area contributed by atoms with Crippen molar-refractivity contribution in [2.24, 2.45) is 5.92 Å². The molecule has 0 bridgehead atoms. The lowest BCUT2D eigenvalue weighted by Crippen LogP contribution is -2.43. The molecule has 1 unspecified atom stereocenters. The van der Waals surface area contributed by atoms with Crippen molar-refractivity contribution < 1.29 is 8.42 Å². The first kappa shape index (κ1) is 14.5. The maximum absolute atomic E-state index is 12.2. The first-order chi connectivity index (χ1) is 8.92. The van der Waals surface area contributed by atoms with E-state index < -0.39 is 10.0 Å². The van der Waals surface area contributed by atoms with Crippen LogP contribution in [0.1, 0.15) is 38.3 Å². The van der Waals surface area contributed by atoms with Gasteiger partial charge in [-0.05, 0) is 50.4 Å². The van der Waals surface area contributed by atoms with Crippen LogP contribution in [0.15, 0.2) is 29.2 Å². The summed E-state index contributed by atoms with van der Waals surface area (Å²) in [5.74, 6) is 0.631. The number of sulfonamides is 1. The van der Waals surface area contributed by atoms with Gasteiger partial charge in [0, 0.05) is 12.1 Å². The van der Waals surface area contributed by atoms with E-state index >= 15 is 0 Å². The highest BCUT2D eigenvalue weighted by Gasteiger charge is 2.29. The SMILES string of the molecule is CNC(C)c1ccc(S(=O)(=O)NC2CC(C)C2)cc1. The Morgan fingerprint density at radius 1 is 1.21 bits per heavy atom. The summed E-state index contributed by atoms with van der Waals surface area (Å²) in [6, 6.07) is 7.40. The molecule has 19 heavy (non-hydrogen) atoms. The lowest BCUT2D eigenvalue weighted by Gasteiger charge is -2.32. The minimum atomic E-state index is -3.36. The second-order valence-corrected chi connectivity index (χ2v) is 7.19. The third kappa shape index (κ3) is 3.35. The normalized spacial score (nSPS) is 24.8. The van der Waals surface area contributed by atoms with Gasteiger partial charge in [0.15, 0.2) is 0 Å². The molecular formula is C14H22N2O2S. The van der Waals surface area contributed by atoms with Crippen molar-refractivity contribution in [3.8, 4) is 0 Å². The van der Waals surface area contributed by atoms with Crippen LogP contribution in [0.3, 0.4) is 0 Å². The van der Waals surface area contributed by atoms with Crippen molar-refractivity contribution in [1.29, 1.82) is 0 Å². The molecule has 1 fully saturated rings. The standard InChI is InChI=1S/C14H22N2O2S/c1-10-8-13(9-10)16-19(17,18)14-6-4-12(5-7-14)11(2)15-3/h4-7,10-11,13,15-16H,8-9H2,1-3H3. The van der Waals surface area contributed by atoms with Crippen LogP contribution in [0.4, 0.5) is 0 Å². The lowest BCUT2D eigenvalue weighted by atomic mass is 9.83. The fraction of sp³-hybridized carbons (Fsp3) is 0.571. The van der Waals surface area contributed by atoms with Gasteiger partial charge in [0.05, 0.1) is 4.90 Å². The van der Waals surface area contributed by atoms with E-state index in [-0.39, 0.29) is 12.1 Å².